The minimum absolute atomic E-state index is 0.278. The number of fused-ring (bicyclic) bond motifs is 1. The van der Waals surface area contributed by atoms with Crippen molar-refractivity contribution in [3.63, 3.8) is 0 Å². The molecule has 0 bridgehead atoms. The van der Waals surface area contributed by atoms with Gasteiger partial charge >= 0.3 is 21.3 Å². The molecule has 0 amide bonds. The lowest BCUT2D eigenvalue weighted by Crippen LogP contribution is -2.43. The van der Waals surface area contributed by atoms with E-state index in [1.807, 2.05) is 6.92 Å². The van der Waals surface area contributed by atoms with Crippen molar-refractivity contribution in [1.82, 2.24) is 14.3 Å². The molecule has 3 aromatic rings. The Labute approximate surface area is 200 Å². The number of aromatic nitrogens is 3. The van der Waals surface area contributed by atoms with E-state index in [1.165, 1.54) is 0 Å². The third kappa shape index (κ3) is 5.58. The van der Waals surface area contributed by atoms with Crippen LogP contribution in [0, 0.1) is 6.92 Å². The van der Waals surface area contributed by atoms with E-state index in [2.05, 4.69) is 14.0 Å². The zero-order chi connectivity index (χ0) is 26.4. The average molecular weight is 549 g/mol. The molecule has 2 aromatic heterocycles. The predicted octanol–water partition coefficient (Wildman–Crippen LogP) is -0.647. The van der Waals surface area contributed by atoms with Crippen molar-refractivity contribution in [2.75, 3.05) is 6.61 Å². The minimum atomic E-state index is -5.38. The van der Waals surface area contributed by atoms with Crippen LogP contribution in [0.3, 0.4) is 0 Å². The largest absolute Gasteiger partial charge is 0.481 e. The molecule has 0 aliphatic carbocycles. The Bertz CT molecular complexity index is 1490. The normalized spacial score (nSPS) is 24.3. The highest BCUT2D eigenvalue weighted by Crippen LogP contribution is 2.57. The Morgan fingerprint density at radius 1 is 1.11 bits per heavy atom. The van der Waals surface area contributed by atoms with E-state index in [9.17, 15) is 33.8 Å². The summed E-state index contributed by atoms with van der Waals surface area (Å²) < 4.78 is 42.7. The number of aliphatic hydroxyl groups excluding tert-OH is 2. The number of phosphoric ester groups is 1. The molecule has 16 nitrogen and oxygen atoms in total. The summed E-state index contributed by atoms with van der Waals surface area (Å²) in [6.45, 7) is 0.632. The smallest absolute Gasteiger partial charge is 0.387 e. The van der Waals surface area contributed by atoms with Gasteiger partial charge in [0.2, 0.25) is 0 Å². The monoisotopic (exact) mass is 549 g/mol. The van der Waals surface area contributed by atoms with Crippen LogP contribution in [-0.2, 0) is 29.2 Å². The first-order valence-corrected chi connectivity index (χ1v) is 13.2. The molecule has 0 saturated carbocycles. The van der Waals surface area contributed by atoms with Gasteiger partial charge in [-0.15, -0.1) is 0 Å². The third-order valence-corrected chi connectivity index (χ3v) is 7.48. The van der Waals surface area contributed by atoms with Gasteiger partial charge in [0.1, 0.15) is 24.0 Å². The molecule has 0 spiro atoms. The molecule has 5 atom stereocenters. The highest BCUT2D eigenvalue weighted by Gasteiger charge is 2.46. The van der Waals surface area contributed by atoms with Gasteiger partial charge in [-0.25, -0.2) is 13.9 Å². The van der Waals surface area contributed by atoms with Crippen LogP contribution in [0.4, 0.5) is 0 Å². The van der Waals surface area contributed by atoms with Crippen molar-refractivity contribution >= 4 is 26.6 Å². The van der Waals surface area contributed by atoms with Gasteiger partial charge in [0.15, 0.2) is 11.8 Å². The van der Waals surface area contributed by atoms with Gasteiger partial charge in [0, 0.05) is 17.6 Å². The molecule has 1 fully saturated rings. The van der Waals surface area contributed by atoms with E-state index in [-0.39, 0.29) is 6.54 Å². The molecule has 4 rings (SSSR count). The van der Waals surface area contributed by atoms with Gasteiger partial charge in [-0.1, -0.05) is 11.2 Å². The van der Waals surface area contributed by atoms with Crippen molar-refractivity contribution < 1.29 is 52.1 Å². The van der Waals surface area contributed by atoms with Gasteiger partial charge in [-0.3, -0.25) is 18.5 Å². The fourth-order valence-corrected chi connectivity index (χ4v) is 5.25. The molecular formula is C18H21N3O13P2. The molecule has 1 saturated heterocycles. The van der Waals surface area contributed by atoms with Crippen LogP contribution < -0.4 is 11.2 Å². The summed E-state index contributed by atoms with van der Waals surface area (Å²) >= 11 is 0. The fraction of sp³-hybridized carbons (Fsp3) is 0.389. The quantitative estimate of drug-likeness (QED) is 0.220. The summed E-state index contributed by atoms with van der Waals surface area (Å²) in [6, 6.07) is 6.29. The van der Waals surface area contributed by atoms with Crippen molar-refractivity contribution in [1.29, 1.82) is 0 Å². The van der Waals surface area contributed by atoms with E-state index in [4.69, 9.17) is 19.0 Å². The number of aliphatic hydroxyl groups is 2. The first-order chi connectivity index (χ1) is 16.8. The summed E-state index contributed by atoms with van der Waals surface area (Å²) in [5.41, 5.74) is 0.0489. The fourth-order valence-electron chi connectivity index (χ4n) is 3.65. The average Bonchev–Trinajstić information content (AvgIpc) is 3.28. The maximum atomic E-state index is 13.1. The van der Waals surface area contributed by atoms with E-state index >= 15 is 0 Å². The molecule has 1 aliphatic heterocycles. The summed E-state index contributed by atoms with van der Waals surface area (Å²) in [6.07, 6.45) is -5.53. The Morgan fingerprint density at radius 2 is 1.83 bits per heavy atom. The van der Waals surface area contributed by atoms with Crippen molar-refractivity contribution in [3.8, 4) is 0 Å². The van der Waals surface area contributed by atoms with Crippen LogP contribution in [0.2, 0.25) is 0 Å². The van der Waals surface area contributed by atoms with Crippen LogP contribution in [0.25, 0.3) is 11.0 Å². The number of benzene rings is 1. The van der Waals surface area contributed by atoms with Gasteiger partial charge < -0.3 is 34.2 Å². The molecule has 1 aliphatic rings. The zero-order valence-electron chi connectivity index (χ0n) is 18.3. The van der Waals surface area contributed by atoms with Gasteiger partial charge in [-0.2, -0.15) is 4.31 Å². The van der Waals surface area contributed by atoms with Gasteiger partial charge in [0.25, 0.3) is 5.56 Å². The zero-order valence-corrected chi connectivity index (χ0v) is 20.1. The maximum Gasteiger partial charge on any atom is 0.481 e. The highest BCUT2D eigenvalue weighted by atomic mass is 31.3. The van der Waals surface area contributed by atoms with Crippen LogP contribution in [0.1, 0.15) is 17.5 Å². The Morgan fingerprint density at radius 3 is 2.53 bits per heavy atom. The van der Waals surface area contributed by atoms with Crippen LogP contribution in [0.5, 0.6) is 0 Å². The van der Waals surface area contributed by atoms with E-state index in [0.29, 0.717) is 16.7 Å². The van der Waals surface area contributed by atoms with Crippen molar-refractivity contribution in [2.45, 2.75) is 38.0 Å². The number of phosphoric acid groups is 2. The number of hydrogen-bond acceptors (Lipinski definition) is 11. The number of ether oxygens (including phenoxy) is 1. The molecule has 3 heterocycles. The van der Waals surface area contributed by atoms with Crippen molar-refractivity contribution in [3.05, 3.63) is 62.6 Å². The standard InChI is InChI=1S/C18H21N3O13P2/c1-9-2-3-10-11(19-33-12(10)6-9)7-21-14(22)4-5-20(18(21)25)17-16(24)15(23)13(32-17)8-31-36(29,30)34-35(26,27)28/h2-6,13,15-17,23-24H,7-8H2,1H3,(H,29,30)(H2,26,27,28)/t13-,15?,16?,17-/m1/s1. The maximum absolute atomic E-state index is 13.1. The number of rotatable bonds is 8. The SMILES string of the molecule is Cc1ccc2c(Cn3c(=O)ccn([C@@H]4O[C@H](COP(=O)(O)OP(=O)(O)O)C(O)C4O)c3=O)noc2c1. The van der Waals surface area contributed by atoms with E-state index < -0.39 is 58.0 Å². The number of hydrogen-bond donors (Lipinski definition) is 5. The van der Waals surface area contributed by atoms with Gasteiger partial charge in [0.05, 0.1) is 13.2 Å². The summed E-state index contributed by atoms with van der Waals surface area (Å²) in [5, 5.41) is 25.2. The molecule has 5 N–H and O–H groups in total. The second-order valence-electron chi connectivity index (χ2n) is 7.94. The topological polar surface area (TPSA) is 233 Å². The van der Waals surface area contributed by atoms with E-state index in [0.717, 1.165) is 27.0 Å². The molecule has 0 radical (unpaired) electrons. The lowest BCUT2D eigenvalue weighted by Gasteiger charge is -2.19. The lowest BCUT2D eigenvalue weighted by molar-refractivity contribution is -0.0547. The first-order valence-electron chi connectivity index (χ1n) is 10.2. The lowest BCUT2D eigenvalue weighted by atomic mass is 10.1. The Balaban J connectivity index is 1.57. The second-order valence-corrected chi connectivity index (χ2v) is 10.8. The Hall–Kier alpha value is -2.49. The van der Waals surface area contributed by atoms with Crippen molar-refractivity contribution in [2.24, 2.45) is 0 Å². The summed E-state index contributed by atoms with van der Waals surface area (Å²) in [4.78, 5) is 52.2. The van der Waals surface area contributed by atoms with Crippen LogP contribution in [0.15, 0.2) is 44.6 Å². The van der Waals surface area contributed by atoms with Gasteiger partial charge in [-0.05, 0) is 24.6 Å². The first kappa shape index (κ1) is 26.6. The molecular weight excluding hydrogens is 528 g/mol. The number of nitrogens with zero attached hydrogens (tertiary/aromatic N) is 3. The molecule has 196 valence electrons. The molecule has 3 unspecified atom stereocenters. The molecule has 36 heavy (non-hydrogen) atoms. The molecule has 1 aromatic carbocycles. The number of aryl methyl sites for hydroxylation is 1. The highest BCUT2D eigenvalue weighted by molar-refractivity contribution is 7.60. The van der Waals surface area contributed by atoms with Crippen LogP contribution in [-0.4, -0.2) is 64.1 Å². The molecule has 18 heteroatoms. The Kier molecular flexibility index (Phi) is 7.20. The third-order valence-electron chi connectivity index (χ3n) is 5.33. The van der Waals surface area contributed by atoms with Crippen LogP contribution >= 0.6 is 15.6 Å². The van der Waals surface area contributed by atoms with E-state index in [1.54, 1.807) is 18.2 Å². The second kappa shape index (κ2) is 9.76. The summed E-state index contributed by atoms with van der Waals surface area (Å²) in [5.74, 6) is 0. The minimum Gasteiger partial charge on any atom is -0.387 e. The summed E-state index contributed by atoms with van der Waals surface area (Å²) in [7, 11) is -10.6. The predicted molar refractivity (Wildman–Crippen MR) is 118 cm³/mol.